The van der Waals surface area contributed by atoms with Crippen LogP contribution < -0.4 is 11.1 Å². The lowest BCUT2D eigenvalue weighted by Gasteiger charge is -2.31. The van der Waals surface area contributed by atoms with Crippen LogP contribution in [0, 0.1) is 0 Å². The van der Waals surface area contributed by atoms with Gasteiger partial charge < -0.3 is 11.1 Å². The van der Waals surface area contributed by atoms with Gasteiger partial charge in [-0.2, -0.15) is 0 Å². The Morgan fingerprint density at radius 3 is 1.43 bits per heavy atom. The highest BCUT2D eigenvalue weighted by Gasteiger charge is 2.26. The first-order valence-electron chi connectivity index (χ1n) is 22.6. The number of aliphatic imine (C=N–C) groups is 1. The summed E-state index contributed by atoms with van der Waals surface area (Å²) in [6, 6.07) is 81.8. The summed E-state index contributed by atoms with van der Waals surface area (Å²) in [4.78, 5) is 7.90. The van der Waals surface area contributed by atoms with Gasteiger partial charge in [-0.25, -0.2) is 0 Å². The molecule has 0 saturated heterocycles. The van der Waals surface area contributed by atoms with E-state index in [1.165, 1.54) is 55.6 Å². The minimum atomic E-state index is -0.195. The van der Waals surface area contributed by atoms with E-state index >= 15 is 0 Å². The quantitative estimate of drug-likeness (QED) is 0.128. The first kappa shape index (κ1) is 42.5. The number of nitrogen functional groups attached to an aromatic ring is 1. The van der Waals surface area contributed by atoms with Gasteiger partial charge in [0, 0.05) is 29.0 Å². The second-order valence-electron chi connectivity index (χ2n) is 16.4. The third-order valence-corrected chi connectivity index (χ3v) is 12.1. The molecule has 10 rings (SSSR count). The van der Waals surface area contributed by atoms with Crippen molar-refractivity contribution in [3.05, 3.63) is 264 Å². The molecule has 2 unspecified atom stereocenters. The highest BCUT2D eigenvalue weighted by molar-refractivity contribution is 6.10. The zero-order chi connectivity index (χ0) is 44.5. The Morgan fingerprint density at radius 1 is 0.477 bits per heavy atom. The highest BCUT2D eigenvalue weighted by atomic mass is 15.1. The first-order chi connectivity index (χ1) is 32.0. The molecule has 9 aromatic carbocycles. The largest absolute Gasteiger partial charge is 0.398 e. The van der Waals surface area contributed by atoms with E-state index in [0.717, 1.165) is 39.5 Å². The highest BCUT2D eigenvalue weighted by Crippen LogP contribution is 2.41. The van der Waals surface area contributed by atoms with Gasteiger partial charge in [0.2, 0.25) is 0 Å². The summed E-state index contributed by atoms with van der Waals surface area (Å²) < 4.78 is 0. The Hall–Kier alpha value is -7.79. The number of rotatable bonds is 11. The van der Waals surface area contributed by atoms with Crippen LogP contribution in [0.1, 0.15) is 59.3 Å². The number of nitrogens with zero attached hydrogens (tertiary/aromatic N) is 2. The molecule has 0 aliphatic carbocycles. The molecule has 1 aliphatic rings. The maximum Gasteiger partial charge on any atom is 0.133 e. The normalized spacial score (nSPS) is 13.4. The summed E-state index contributed by atoms with van der Waals surface area (Å²) in [5.74, 6) is 0.853. The molecule has 65 heavy (non-hydrogen) atoms. The van der Waals surface area contributed by atoms with Gasteiger partial charge in [-0.15, -0.1) is 0 Å². The topological polar surface area (TPSA) is 53.6 Å². The first-order valence-corrected chi connectivity index (χ1v) is 22.6. The van der Waals surface area contributed by atoms with Crippen molar-refractivity contribution in [2.24, 2.45) is 4.99 Å². The summed E-state index contributed by atoms with van der Waals surface area (Å²) >= 11 is 0. The number of nitrogens with one attached hydrogen (secondary N) is 1. The number of fused-ring (bicyclic) bond motifs is 1. The van der Waals surface area contributed by atoms with Gasteiger partial charge in [0.25, 0.3) is 0 Å². The maximum absolute atomic E-state index is 6.81. The molecular formula is C61H54N4. The second kappa shape index (κ2) is 19.7. The molecule has 0 fully saturated rings. The SMILES string of the molecule is CC.CN(Cc1ccc(C2=NC(c3cc(-c4ccccc4)cc(-c4ccccc4)c3)c3ccccc3N2)cc1)C(c1cc(-c2ccccc2)cc(-c2ccccc2)c1)c1ccccc1N. The Bertz CT molecular complexity index is 2900. The summed E-state index contributed by atoms with van der Waals surface area (Å²) in [6.45, 7) is 4.70. The third-order valence-electron chi connectivity index (χ3n) is 12.1. The van der Waals surface area contributed by atoms with Crippen LogP contribution in [0.3, 0.4) is 0 Å². The van der Waals surface area contributed by atoms with Crippen LogP contribution in [0.25, 0.3) is 44.5 Å². The fourth-order valence-corrected chi connectivity index (χ4v) is 9.00. The Kier molecular flexibility index (Phi) is 12.9. The van der Waals surface area contributed by atoms with Crippen LogP contribution in [0.2, 0.25) is 0 Å². The van der Waals surface area contributed by atoms with Crippen molar-refractivity contribution >= 4 is 17.2 Å². The molecule has 0 bridgehead atoms. The zero-order valence-electron chi connectivity index (χ0n) is 37.3. The van der Waals surface area contributed by atoms with Crippen molar-refractivity contribution in [1.29, 1.82) is 0 Å². The molecule has 2 atom stereocenters. The number of hydrogen-bond donors (Lipinski definition) is 2. The second-order valence-corrected chi connectivity index (χ2v) is 16.4. The van der Waals surface area contributed by atoms with Gasteiger partial charge in [0.1, 0.15) is 11.9 Å². The van der Waals surface area contributed by atoms with Crippen LogP contribution in [-0.2, 0) is 6.54 Å². The van der Waals surface area contributed by atoms with Crippen LogP contribution in [0.5, 0.6) is 0 Å². The summed E-state index contributed by atoms with van der Waals surface area (Å²) in [5, 5.41) is 3.70. The van der Waals surface area contributed by atoms with Gasteiger partial charge in [-0.05, 0) is 122 Å². The van der Waals surface area contributed by atoms with Gasteiger partial charge in [0.15, 0.2) is 0 Å². The lowest BCUT2D eigenvalue weighted by atomic mass is 9.89. The number of amidine groups is 1. The van der Waals surface area contributed by atoms with E-state index in [1.54, 1.807) is 0 Å². The van der Waals surface area contributed by atoms with E-state index in [4.69, 9.17) is 10.7 Å². The van der Waals surface area contributed by atoms with E-state index in [-0.39, 0.29) is 12.1 Å². The summed E-state index contributed by atoms with van der Waals surface area (Å²) in [6.07, 6.45) is 0. The van der Waals surface area contributed by atoms with Gasteiger partial charge in [0.05, 0.1) is 6.04 Å². The predicted molar refractivity (Wildman–Crippen MR) is 275 cm³/mol. The monoisotopic (exact) mass is 842 g/mol. The Morgan fingerprint density at radius 2 is 0.923 bits per heavy atom. The Labute approximate surface area is 384 Å². The standard InChI is InChI=1S/C59H48N4.C2H6/c1-63(58(53-26-14-16-28-55(53)60)52-38-49(44-22-10-4-11-23-44)35-50(39-52)45-24-12-5-13-25-45)40-41-30-32-46(33-31-41)59-61-56-29-17-15-27-54(56)57(62-59)51-36-47(42-18-6-2-7-19-42)34-48(37-51)43-20-8-3-9-21-43;1-2/h2-39,57-58H,40,60H2,1H3,(H,61,62);1-2H3. The van der Waals surface area contributed by atoms with Gasteiger partial charge in [-0.3, -0.25) is 9.89 Å². The van der Waals surface area contributed by atoms with E-state index in [0.29, 0.717) is 6.54 Å². The molecule has 3 N–H and O–H groups in total. The van der Waals surface area contributed by atoms with Crippen molar-refractivity contribution in [3.63, 3.8) is 0 Å². The molecule has 0 saturated carbocycles. The number of benzene rings is 9. The molecule has 0 aromatic heterocycles. The fraction of sp³-hybridized carbons (Fsp3) is 0.0984. The molecule has 0 amide bonds. The van der Waals surface area contributed by atoms with Crippen LogP contribution in [0.4, 0.5) is 11.4 Å². The number of hydrogen-bond acceptors (Lipinski definition) is 4. The molecular weight excluding hydrogens is 789 g/mol. The molecule has 0 spiro atoms. The lowest BCUT2D eigenvalue weighted by Crippen LogP contribution is -2.26. The van der Waals surface area contributed by atoms with Crippen molar-refractivity contribution < 1.29 is 0 Å². The predicted octanol–water partition coefficient (Wildman–Crippen LogP) is 15.1. The average molecular weight is 843 g/mol. The van der Waals surface area contributed by atoms with E-state index in [2.05, 4.69) is 236 Å². The fourth-order valence-electron chi connectivity index (χ4n) is 9.00. The number of nitrogens with two attached hydrogens (primary N) is 1. The molecule has 1 heterocycles. The van der Waals surface area contributed by atoms with E-state index < -0.39 is 0 Å². The Balaban J connectivity index is 0.00000263. The maximum atomic E-state index is 6.81. The average Bonchev–Trinajstić information content (AvgIpc) is 3.38. The van der Waals surface area contributed by atoms with Crippen molar-refractivity contribution in [1.82, 2.24) is 4.90 Å². The smallest absolute Gasteiger partial charge is 0.133 e. The van der Waals surface area contributed by atoms with Gasteiger partial charge >= 0.3 is 0 Å². The van der Waals surface area contributed by atoms with Crippen molar-refractivity contribution in [3.8, 4) is 44.5 Å². The lowest BCUT2D eigenvalue weighted by molar-refractivity contribution is 0.271. The number of para-hydroxylation sites is 2. The van der Waals surface area contributed by atoms with Crippen molar-refractivity contribution in [2.75, 3.05) is 18.1 Å². The molecule has 4 nitrogen and oxygen atoms in total. The summed E-state index contributed by atoms with van der Waals surface area (Å²) in [5.41, 5.74) is 24.9. The van der Waals surface area contributed by atoms with Crippen LogP contribution >= 0.6 is 0 Å². The zero-order valence-corrected chi connectivity index (χ0v) is 37.3. The molecule has 0 radical (unpaired) electrons. The van der Waals surface area contributed by atoms with Crippen LogP contribution in [0.15, 0.2) is 236 Å². The van der Waals surface area contributed by atoms with E-state index in [1.807, 2.05) is 26.0 Å². The van der Waals surface area contributed by atoms with Crippen LogP contribution in [-0.4, -0.2) is 17.8 Å². The van der Waals surface area contributed by atoms with Crippen molar-refractivity contribution in [2.45, 2.75) is 32.5 Å². The molecule has 4 heteroatoms. The molecule has 318 valence electrons. The minimum absolute atomic E-state index is 0.105. The molecule has 1 aliphatic heterocycles. The number of anilines is 2. The van der Waals surface area contributed by atoms with Gasteiger partial charge in [-0.1, -0.05) is 196 Å². The van der Waals surface area contributed by atoms with E-state index in [9.17, 15) is 0 Å². The summed E-state index contributed by atoms with van der Waals surface area (Å²) in [7, 11) is 2.20. The third kappa shape index (κ3) is 9.45. The molecule has 9 aromatic rings. The minimum Gasteiger partial charge on any atom is -0.398 e.